The van der Waals surface area contributed by atoms with Gasteiger partial charge in [-0.25, -0.2) is 0 Å². The summed E-state index contributed by atoms with van der Waals surface area (Å²) < 4.78 is 44.8. The van der Waals surface area contributed by atoms with Crippen LogP contribution in [0.4, 0.5) is 0 Å². The molecule has 2 unspecified atom stereocenters. The summed E-state index contributed by atoms with van der Waals surface area (Å²) in [5, 5.41) is 8.72. The third kappa shape index (κ3) is 5.92. The lowest BCUT2D eigenvalue weighted by atomic mass is 10.0. The average Bonchev–Trinajstić information content (AvgIpc) is 3.27. The van der Waals surface area contributed by atoms with E-state index in [9.17, 15) is 9.59 Å². The Kier molecular flexibility index (Phi) is 5.73. The highest BCUT2D eigenvalue weighted by molar-refractivity contribution is 6.00. The van der Waals surface area contributed by atoms with Crippen molar-refractivity contribution in [2.45, 2.75) is 38.2 Å². The number of para-hydroxylation sites is 1. The van der Waals surface area contributed by atoms with Crippen molar-refractivity contribution in [1.29, 1.82) is 0 Å². The van der Waals surface area contributed by atoms with Gasteiger partial charge in [-0.1, -0.05) is 48.6 Å². The van der Waals surface area contributed by atoms with Crippen LogP contribution >= 0.6 is 0 Å². The van der Waals surface area contributed by atoms with E-state index < -0.39 is 30.7 Å². The quantitative estimate of drug-likeness (QED) is 0.307. The predicted octanol–water partition coefficient (Wildman–Crippen LogP) is 5.55. The Morgan fingerprint density at radius 2 is 1.94 bits per heavy atom. The SMILES string of the molecule is [2H]C1C([2H])([2H])C1([2H])N(Cc1ccccc1OCC/C=C\CC(=O)O)C(=O)c1ccccc1-c1ccco1. The Bertz CT molecular complexity index is 1290. The third-order valence-corrected chi connectivity index (χ3v) is 5.06. The number of furan rings is 1. The van der Waals surface area contributed by atoms with Crippen molar-refractivity contribution in [1.82, 2.24) is 4.90 Å². The van der Waals surface area contributed by atoms with Crippen molar-refractivity contribution in [2.75, 3.05) is 6.61 Å². The van der Waals surface area contributed by atoms with Gasteiger partial charge in [-0.05, 0) is 43.5 Å². The third-order valence-electron chi connectivity index (χ3n) is 5.06. The Morgan fingerprint density at radius 3 is 2.70 bits per heavy atom. The minimum atomic E-state index is -2.22. The molecule has 1 aromatic heterocycles. The van der Waals surface area contributed by atoms with Crippen LogP contribution in [0.3, 0.4) is 0 Å². The molecule has 1 N–H and O–H groups in total. The van der Waals surface area contributed by atoms with Crippen LogP contribution in [-0.4, -0.2) is 34.5 Å². The zero-order chi connectivity index (χ0) is 26.6. The molecule has 2 aromatic carbocycles. The molecule has 170 valence electrons. The lowest BCUT2D eigenvalue weighted by molar-refractivity contribution is -0.136. The molecular weight excluding hydrogens is 418 g/mol. The number of carboxylic acids is 1. The fraction of sp³-hybridized carbons (Fsp3) is 0.259. The molecule has 33 heavy (non-hydrogen) atoms. The van der Waals surface area contributed by atoms with Gasteiger partial charge in [0.1, 0.15) is 11.5 Å². The van der Waals surface area contributed by atoms with E-state index in [1.54, 1.807) is 72.8 Å². The van der Waals surface area contributed by atoms with Gasteiger partial charge in [0.2, 0.25) is 0 Å². The highest BCUT2D eigenvalue weighted by Crippen LogP contribution is 2.34. The number of aliphatic carboxylic acids is 1. The summed E-state index contributed by atoms with van der Waals surface area (Å²) in [6.45, 7) is 0.116. The molecule has 3 aromatic rings. The van der Waals surface area contributed by atoms with E-state index in [4.69, 9.17) is 19.7 Å². The molecule has 1 fully saturated rings. The molecule has 1 aliphatic rings. The second-order valence-corrected chi connectivity index (χ2v) is 7.40. The van der Waals surface area contributed by atoms with E-state index >= 15 is 0 Å². The summed E-state index contributed by atoms with van der Waals surface area (Å²) >= 11 is 0. The van der Waals surface area contributed by atoms with Crippen molar-refractivity contribution in [3.05, 3.63) is 90.2 Å². The molecular formula is C27H27NO5. The van der Waals surface area contributed by atoms with Crippen LogP contribution in [0, 0.1) is 0 Å². The normalized spacial score (nSPS) is 22.6. The average molecular weight is 450 g/mol. The molecule has 1 heterocycles. The van der Waals surface area contributed by atoms with Crippen molar-refractivity contribution in [2.24, 2.45) is 0 Å². The highest BCUT2D eigenvalue weighted by Gasteiger charge is 2.34. The van der Waals surface area contributed by atoms with E-state index in [1.807, 2.05) is 0 Å². The maximum absolute atomic E-state index is 13.9. The van der Waals surface area contributed by atoms with Crippen LogP contribution in [0.5, 0.6) is 5.75 Å². The zero-order valence-corrected chi connectivity index (χ0v) is 17.9. The van der Waals surface area contributed by atoms with Gasteiger partial charge in [-0.2, -0.15) is 0 Å². The first-order valence-electron chi connectivity index (χ1n) is 12.7. The predicted molar refractivity (Wildman–Crippen MR) is 125 cm³/mol. The van der Waals surface area contributed by atoms with Gasteiger partial charge < -0.3 is 19.2 Å². The summed E-state index contributed by atoms with van der Waals surface area (Å²) in [6, 6.07) is 15.0. The van der Waals surface area contributed by atoms with Gasteiger partial charge >= 0.3 is 5.97 Å². The topological polar surface area (TPSA) is 80.0 Å². The number of hydrogen-bond acceptors (Lipinski definition) is 4. The largest absolute Gasteiger partial charge is 0.493 e. The first-order chi connectivity index (χ1) is 17.7. The van der Waals surface area contributed by atoms with Crippen LogP contribution in [0.15, 0.2) is 83.5 Å². The first kappa shape index (κ1) is 17.7. The Balaban J connectivity index is 1.62. The van der Waals surface area contributed by atoms with Crippen LogP contribution in [0.1, 0.15) is 47.0 Å². The monoisotopic (exact) mass is 449 g/mol. The van der Waals surface area contributed by atoms with Crippen LogP contribution in [0.2, 0.25) is 0 Å². The van der Waals surface area contributed by atoms with Gasteiger partial charge in [0.05, 0.1) is 26.2 Å². The molecule has 0 aliphatic heterocycles. The van der Waals surface area contributed by atoms with E-state index in [0.29, 0.717) is 29.1 Å². The molecule has 0 saturated heterocycles. The molecule has 4 rings (SSSR count). The smallest absolute Gasteiger partial charge is 0.307 e. The summed E-state index contributed by atoms with van der Waals surface area (Å²) in [5.41, 5.74) is 1.30. The van der Waals surface area contributed by atoms with Gasteiger partial charge in [0.25, 0.3) is 5.91 Å². The second-order valence-electron chi connectivity index (χ2n) is 7.40. The van der Waals surface area contributed by atoms with Gasteiger partial charge in [0.15, 0.2) is 0 Å². The number of benzene rings is 2. The van der Waals surface area contributed by atoms with E-state index in [1.165, 1.54) is 6.26 Å². The Hall–Kier alpha value is -3.80. The van der Waals surface area contributed by atoms with Gasteiger partial charge in [-0.15, -0.1) is 0 Å². The number of amides is 1. The second kappa shape index (κ2) is 10.7. The van der Waals surface area contributed by atoms with Crippen molar-refractivity contribution in [3.8, 4) is 17.1 Å². The highest BCUT2D eigenvalue weighted by atomic mass is 16.5. The molecule has 1 amide bonds. The summed E-state index contributed by atoms with van der Waals surface area (Å²) in [4.78, 5) is 25.6. The number of carboxylic acid groups (broad SMARTS) is 1. The first-order valence-corrected chi connectivity index (χ1v) is 10.6. The van der Waals surface area contributed by atoms with Crippen LogP contribution in [0.25, 0.3) is 11.3 Å². The molecule has 0 spiro atoms. The minimum absolute atomic E-state index is 0.0744. The van der Waals surface area contributed by atoms with Crippen molar-refractivity contribution < 1.29 is 29.3 Å². The number of hydrogen-bond donors (Lipinski definition) is 1. The van der Waals surface area contributed by atoms with E-state index in [-0.39, 0.29) is 25.1 Å². The molecule has 1 saturated carbocycles. The van der Waals surface area contributed by atoms with Crippen LogP contribution < -0.4 is 4.74 Å². The minimum Gasteiger partial charge on any atom is -0.493 e. The van der Waals surface area contributed by atoms with E-state index in [0.717, 1.165) is 4.90 Å². The van der Waals surface area contributed by atoms with Crippen molar-refractivity contribution >= 4 is 11.9 Å². The lowest BCUT2D eigenvalue weighted by Gasteiger charge is -2.25. The number of carbonyl (C=O) groups is 2. The lowest BCUT2D eigenvalue weighted by Crippen LogP contribution is -2.33. The maximum atomic E-state index is 13.9. The summed E-state index contributed by atoms with van der Waals surface area (Å²) in [5.74, 6) is -0.591. The Morgan fingerprint density at radius 1 is 1.15 bits per heavy atom. The number of carbonyl (C=O) groups excluding carboxylic acids is 1. The standard InChI is InChI=1S/C27H27NO5/c29-26(30)14-2-1-7-17-32-24-12-6-3-9-20(24)19-28(21-15-16-21)27(31)23-11-5-4-10-22(23)25-13-8-18-33-25/h1-6,8-13,18,21H,7,14-17,19H2,(H,29,30)/b2-1-/i15D,16D2,21D. The fourth-order valence-electron chi connectivity index (χ4n) is 3.40. The Labute approximate surface area is 198 Å². The molecule has 0 radical (unpaired) electrons. The van der Waals surface area contributed by atoms with Crippen LogP contribution in [-0.2, 0) is 11.3 Å². The van der Waals surface area contributed by atoms with Gasteiger partial charge in [-0.3, -0.25) is 9.59 Å². The molecule has 0 bridgehead atoms. The number of nitrogens with zero attached hydrogens (tertiary/aromatic N) is 1. The van der Waals surface area contributed by atoms with Crippen molar-refractivity contribution in [3.63, 3.8) is 0 Å². The summed E-state index contributed by atoms with van der Waals surface area (Å²) in [6.07, 6.45) is 1.49. The fourth-order valence-corrected chi connectivity index (χ4v) is 3.40. The molecule has 1 aliphatic carbocycles. The summed E-state index contributed by atoms with van der Waals surface area (Å²) in [7, 11) is 0. The maximum Gasteiger partial charge on any atom is 0.307 e. The number of ether oxygens (including phenoxy) is 1. The molecule has 2 atom stereocenters. The molecule has 6 heteroatoms. The number of rotatable bonds is 11. The van der Waals surface area contributed by atoms with Gasteiger partial charge in [0, 0.05) is 27.8 Å². The van der Waals surface area contributed by atoms with E-state index in [2.05, 4.69) is 0 Å². The zero-order valence-electron chi connectivity index (χ0n) is 21.9. The molecule has 6 nitrogen and oxygen atoms in total.